The first kappa shape index (κ1) is 13.1. The molecule has 1 aromatic rings. The Labute approximate surface area is 95.1 Å². The van der Waals surface area contributed by atoms with E-state index in [4.69, 9.17) is 5.73 Å². The van der Waals surface area contributed by atoms with Crippen molar-refractivity contribution >= 4 is 0 Å². The Morgan fingerprint density at radius 2 is 2.00 bits per heavy atom. The molecule has 2 nitrogen and oxygen atoms in total. The first-order valence-electron chi connectivity index (χ1n) is 5.39. The van der Waals surface area contributed by atoms with Gasteiger partial charge in [-0.25, -0.2) is 8.78 Å². The lowest BCUT2D eigenvalue weighted by molar-refractivity contribution is 0.266. The molecule has 16 heavy (non-hydrogen) atoms. The summed E-state index contributed by atoms with van der Waals surface area (Å²) in [6.45, 7) is 3.41. The van der Waals surface area contributed by atoms with Crippen molar-refractivity contribution in [3.05, 3.63) is 35.4 Å². The molecule has 0 aliphatic carbocycles. The molecule has 0 aromatic heterocycles. The van der Waals surface area contributed by atoms with Crippen LogP contribution in [0.1, 0.15) is 12.5 Å². The average Bonchev–Trinajstić information content (AvgIpc) is 2.29. The summed E-state index contributed by atoms with van der Waals surface area (Å²) in [5.41, 5.74) is 6.34. The maximum Gasteiger partial charge on any atom is 0.159 e. The van der Waals surface area contributed by atoms with Crippen molar-refractivity contribution in [1.82, 2.24) is 4.90 Å². The fourth-order valence-corrected chi connectivity index (χ4v) is 1.40. The number of hydrogen-bond acceptors (Lipinski definition) is 2. The minimum atomic E-state index is -0.799. The molecule has 0 saturated heterocycles. The normalized spacial score (nSPS) is 13.1. The van der Waals surface area contributed by atoms with Gasteiger partial charge in [-0.2, -0.15) is 0 Å². The molecule has 0 radical (unpaired) electrons. The van der Waals surface area contributed by atoms with Crippen molar-refractivity contribution < 1.29 is 8.78 Å². The molecule has 1 aromatic carbocycles. The van der Waals surface area contributed by atoms with Gasteiger partial charge in [0.1, 0.15) is 0 Å². The van der Waals surface area contributed by atoms with Gasteiger partial charge in [0.2, 0.25) is 0 Å². The fraction of sp³-hybridized carbons (Fsp3) is 0.500. The maximum atomic E-state index is 12.9. The van der Waals surface area contributed by atoms with Gasteiger partial charge in [0, 0.05) is 19.1 Å². The third-order valence-electron chi connectivity index (χ3n) is 2.83. The summed E-state index contributed by atoms with van der Waals surface area (Å²) in [7, 11) is 1.97. The van der Waals surface area contributed by atoms with Crippen LogP contribution >= 0.6 is 0 Å². The molecule has 1 unspecified atom stereocenters. The largest absolute Gasteiger partial charge is 0.329 e. The summed E-state index contributed by atoms with van der Waals surface area (Å²) in [6.07, 6.45) is 0.692. The zero-order valence-corrected chi connectivity index (χ0v) is 9.71. The Bertz CT molecular complexity index is 342. The Kier molecular flexibility index (Phi) is 4.83. The summed E-state index contributed by atoms with van der Waals surface area (Å²) in [5.74, 6) is -1.58. The van der Waals surface area contributed by atoms with Crippen LogP contribution < -0.4 is 5.73 Å². The first-order valence-corrected chi connectivity index (χ1v) is 5.39. The highest BCUT2D eigenvalue weighted by Gasteiger charge is 2.08. The van der Waals surface area contributed by atoms with Crippen LogP contribution in [0.4, 0.5) is 8.78 Å². The number of rotatable bonds is 5. The molecule has 4 heteroatoms. The number of benzene rings is 1. The van der Waals surface area contributed by atoms with E-state index in [1.165, 1.54) is 6.07 Å². The Morgan fingerprint density at radius 3 is 2.56 bits per heavy atom. The van der Waals surface area contributed by atoms with E-state index >= 15 is 0 Å². The second kappa shape index (κ2) is 5.92. The lowest BCUT2D eigenvalue weighted by atomic mass is 10.1. The minimum Gasteiger partial charge on any atom is -0.329 e. The summed E-state index contributed by atoms with van der Waals surface area (Å²) in [4.78, 5) is 2.10. The van der Waals surface area contributed by atoms with Crippen LogP contribution in [0.5, 0.6) is 0 Å². The predicted octanol–water partition coefficient (Wildman–Crippen LogP) is 1.79. The van der Waals surface area contributed by atoms with Crippen molar-refractivity contribution in [3.63, 3.8) is 0 Å². The van der Waals surface area contributed by atoms with E-state index in [9.17, 15) is 8.78 Å². The summed E-state index contributed by atoms with van der Waals surface area (Å²) in [5, 5.41) is 0. The quantitative estimate of drug-likeness (QED) is 0.832. The van der Waals surface area contributed by atoms with Crippen molar-refractivity contribution in [1.29, 1.82) is 0 Å². The molecule has 0 amide bonds. The van der Waals surface area contributed by atoms with Gasteiger partial charge in [-0.05, 0) is 38.1 Å². The summed E-state index contributed by atoms with van der Waals surface area (Å²) >= 11 is 0. The van der Waals surface area contributed by atoms with Crippen molar-refractivity contribution in [2.75, 3.05) is 20.1 Å². The molecular formula is C12H18F2N2. The van der Waals surface area contributed by atoms with Crippen molar-refractivity contribution in [2.24, 2.45) is 5.73 Å². The van der Waals surface area contributed by atoms with E-state index in [2.05, 4.69) is 4.90 Å². The minimum absolute atomic E-state index is 0.297. The number of halogens is 2. The van der Waals surface area contributed by atoms with Crippen LogP contribution in [0.3, 0.4) is 0 Å². The predicted molar refractivity (Wildman–Crippen MR) is 61.2 cm³/mol. The molecule has 0 aliphatic heterocycles. The topological polar surface area (TPSA) is 29.3 Å². The highest BCUT2D eigenvalue weighted by molar-refractivity contribution is 5.18. The molecular weight excluding hydrogens is 210 g/mol. The molecule has 0 bridgehead atoms. The highest BCUT2D eigenvalue weighted by atomic mass is 19.2. The van der Waals surface area contributed by atoms with E-state index in [1.807, 2.05) is 14.0 Å². The standard InChI is InChI=1S/C12H18F2N2/c1-9(8-15)16(2)6-5-10-3-4-11(13)12(14)7-10/h3-4,7,9H,5-6,8,15H2,1-2H3. The van der Waals surface area contributed by atoms with Crippen molar-refractivity contribution in [3.8, 4) is 0 Å². The Morgan fingerprint density at radius 1 is 1.31 bits per heavy atom. The van der Waals surface area contributed by atoms with Crippen LogP contribution in [-0.2, 0) is 6.42 Å². The molecule has 1 atom stereocenters. The second-order valence-electron chi connectivity index (χ2n) is 4.06. The monoisotopic (exact) mass is 228 g/mol. The molecule has 2 N–H and O–H groups in total. The summed E-state index contributed by atoms with van der Waals surface area (Å²) < 4.78 is 25.6. The van der Waals surface area contributed by atoms with Crippen LogP contribution in [0, 0.1) is 11.6 Å². The van der Waals surface area contributed by atoms with Gasteiger partial charge in [0.15, 0.2) is 11.6 Å². The van der Waals surface area contributed by atoms with E-state index in [0.717, 1.165) is 18.2 Å². The average molecular weight is 228 g/mol. The van der Waals surface area contributed by atoms with Crippen LogP contribution in [0.15, 0.2) is 18.2 Å². The van der Waals surface area contributed by atoms with E-state index < -0.39 is 11.6 Å². The van der Waals surface area contributed by atoms with Gasteiger partial charge < -0.3 is 10.6 Å². The smallest absolute Gasteiger partial charge is 0.159 e. The number of hydrogen-bond donors (Lipinski definition) is 1. The molecule has 0 heterocycles. The van der Waals surface area contributed by atoms with Gasteiger partial charge in [0.05, 0.1) is 0 Å². The number of nitrogens with two attached hydrogens (primary N) is 1. The van der Waals surface area contributed by atoms with Gasteiger partial charge >= 0.3 is 0 Å². The van der Waals surface area contributed by atoms with Crippen LogP contribution in [-0.4, -0.2) is 31.1 Å². The summed E-state index contributed by atoms with van der Waals surface area (Å²) in [6, 6.07) is 4.32. The third kappa shape index (κ3) is 3.54. The first-order chi connectivity index (χ1) is 7.54. The van der Waals surface area contributed by atoms with Gasteiger partial charge in [-0.1, -0.05) is 6.07 Å². The fourth-order valence-electron chi connectivity index (χ4n) is 1.40. The lowest BCUT2D eigenvalue weighted by Crippen LogP contribution is -2.36. The third-order valence-corrected chi connectivity index (χ3v) is 2.83. The van der Waals surface area contributed by atoms with Gasteiger partial charge in [0.25, 0.3) is 0 Å². The molecule has 0 saturated carbocycles. The zero-order valence-electron chi connectivity index (χ0n) is 9.71. The lowest BCUT2D eigenvalue weighted by Gasteiger charge is -2.23. The van der Waals surface area contributed by atoms with Crippen LogP contribution in [0.2, 0.25) is 0 Å². The number of nitrogens with zero attached hydrogens (tertiary/aromatic N) is 1. The van der Waals surface area contributed by atoms with E-state index in [1.54, 1.807) is 6.07 Å². The molecule has 0 aliphatic rings. The molecule has 0 fully saturated rings. The zero-order chi connectivity index (χ0) is 12.1. The molecule has 0 spiro atoms. The highest BCUT2D eigenvalue weighted by Crippen LogP contribution is 2.09. The molecule has 1 rings (SSSR count). The van der Waals surface area contributed by atoms with Gasteiger partial charge in [-0.3, -0.25) is 0 Å². The van der Waals surface area contributed by atoms with E-state index in [0.29, 0.717) is 19.0 Å². The Balaban J connectivity index is 2.51. The molecule has 90 valence electrons. The van der Waals surface area contributed by atoms with Crippen LogP contribution in [0.25, 0.3) is 0 Å². The Hall–Kier alpha value is -1.00. The second-order valence-corrected chi connectivity index (χ2v) is 4.06. The van der Waals surface area contributed by atoms with E-state index in [-0.39, 0.29) is 0 Å². The van der Waals surface area contributed by atoms with Gasteiger partial charge in [-0.15, -0.1) is 0 Å². The SMILES string of the molecule is CC(CN)N(C)CCc1ccc(F)c(F)c1. The van der Waals surface area contributed by atoms with Crippen molar-refractivity contribution in [2.45, 2.75) is 19.4 Å². The number of likely N-dealkylation sites (N-methyl/N-ethyl adjacent to an activating group) is 1. The maximum absolute atomic E-state index is 12.9.